The van der Waals surface area contributed by atoms with Crippen molar-refractivity contribution in [1.82, 2.24) is 10.2 Å². The van der Waals surface area contributed by atoms with Gasteiger partial charge in [-0.1, -0.05) is 25.7 Å². The number of carbonyl (C=O) groups is 1. The molecule has 3 nitrogen and oxygen atoms in total. The molecule has 1 saturated carbocycles. The number of rotatable bonds is 4. The zero-order valence-corrected chi connectivity index (χ0v) is 12.3. The Balaban J connectivity index is 0.00000162. The molecule has 2 rings (SSSR count). The molecule has 1 saturated heterocycles. The molecule has 4 heteroatoms. The molecule has 1 unspecified atom stereocenters. The summed E-state index contributed by atoms with van der Waals surface area (Å²) in [5, 5.41) is 3.33. The molecule has 1 aliphatic heterocycles. The van der Waals surface area contributed by atoms with Crippen molar-refractivity contribution < 1.29 is 4.79 Å². The minimum absolute atomic E-state index is 0. The summed E-state index contributed by atoms with van der Waals surface area (Å²) < 4.78 is 0. The van der Waals surface area contributed by atoms with E-state index in [-0.39, 0.29) is 12.4 Å². The van der Waals surface area contributed by atoms with Gasteiger partial charge >= 0.3 is 0 Å². The molecule has 2 fully saturated rings. The van der Waals surface area contributed by atoms with Crippen LogP contribution in [0.1, 0.15) is 51.9 Å². The van der Waals surface area contributed by atoms with Crippen LogP contribution in [0.4, 0.5) is 0 Å². The Hall–Kier alpha value is -0.280. The first kappa shape index (κ1) is 15.8. The van der Waals surface area contributed by atoms with Crippen molar-refractivity contribution in [3.63, 3.8) is 0 Å². The molecule has 18 heavy (non-hydrogen) atoms. The van der Waals surface area contributed by atoms with Gasteiger partial charge in [-0.25, -0.2) is 0 Å². The third kappa shape index (κ3) is 4.43. The summed E-state index contributed by atoms with van der Waals surface area (Å²) in [6.45, 7) is 4.94. The van der Waals surface area contributed by atoms with E-state index in [2.05, 4.69) is 17.1 Å². The predicted molar refractivity (Wildman–Crippen MR) is 77.1 cm³/mol. The van der Waals surface area contributed by atoms with Crippen molar-refractivity contribution in [1.29, 1.82) is 0 Å². The molecule has 1 heterocycles. The lowest BCUT2D eigenvalue weighted by molar-refractivity contribution is -0.134. The first-order valence-electron chi connectivity index (χ1n) is 7.27. The monoisotopic (exact) mass is 274 g/mol. The zero-order chi connectivity index (χ0) is 12.1. The van der Waals surface area contributed by atoms with Gasteiger partial charge in [0.2, 0.25) is 5.91 Å². The molecule has 0 aromatic rings. The second-order valence-electron chi connectivity index (χ2n) is 5.68. The highest BCUT2D eigenvalue weighted by Crippen LogP contribution is 2.29. The highest BCUT2D eigenvalue weighted by Gasteiger charge is 2.23. The molecule has 1 aliphatic carbocycles. The average Bonchev–Trinajstić information content (AvgIpc) is 2.82. The van der Waals surface area contributed by atoms with E-state index in [0.717, 1.165) is 38.4 Å². The van der Waals surface area contributed by atoms with Gasteiger partial charge in [0.1, 0.15) is 0 Å². The zero-order valence-electron chi connectivity index (χ0n) is 11.5. The van der Waals surface area contributed by atoms with Crippen molar-refractivity contribution in [3.05, 3.63) is 0 Å². The number of nitrogens with zero attached hydrogens (tertiary/aromatic N) is 1. The third-order valence-corrected chi connectivity index (χ3v) is 4.30. The highest BCUT2D eigenvalue weighted by molar-refractivity contribution is 5.85. The minimum Gasteiger partial charge on any atom is -0.337 e. The molecule has 0 bridgehead atoms. The average molecular weight is 275 g/mol. The van der Waals surface area contributed by atoms with Gasteiger partial charge in [0.05, 0.1) is 0 Å². The van der Waals surface area contributed by atoms with E-state index in [0.29, 0.717) is 11.9 Å². The van der Waals surface area contributed by atoms with E-state index in [1.165, 1.54) is 32.1 Å². The van der Waals surface area contributed by atoms with Crippen molar-refractivity contribution in [2.24, 2.45) is 5.92 Å². The van der Waals surface area contributed by atoms with Gasteiger partial charge in [-0.05, 0) is 25.7 Å². The summed E-state index contributed by atoms with van der Waals surface area (Å²) in [4.78, 5) is 14.1. The standard InChI is InChI=1S/C14H26N2O.ClH/c1-12-11-15-9-10-16(12)14(17)8-4-7-13-5-2-3-6-13;/h12-13,15H,2-11H2,1H3;1H. The van der Waals surface area contributed by atoms with Crippen LogP contribution < -0.4 is 5.32 Å². The molecule has 0 aromatic heterocycles. The summed E-state index contributed by atoms with van der Waals surface area (Å²) in [5.74, 6) is 1.29. The van der Waals surface area contributed by atoms with E-state index in [9.17, 15) is 4.79 Å². The van der Waals surface area contributed by atoms with E-state index in [4.69, 9.17) is 0 Å². The number of halogens is 1. The number of piperazine rings is 1. The number of carbonyl (C=O) groups excluding carboxylic acids is 1. The smallest absolute Gasteiger partial charge is 0.222 e. The van der Waals surface area contributed by atoms with Gasteiger partial charge < -0.3 is 10.2 Å². The maximum absolute atomic E-state index is 12.1. The maximum Gasteiger partial charge on any atom is 0.222 e. The van der Waals surface area contributed by atoms with E-state index in [1.807, 2.05) is 0 Å². The second kappa shape index (κ2) is 8.00. The molecular weight excluding hydrogens is 248 g/mol. The normalized spacial score (nSPS) is 24.9. The fraction of sp³-hybridized carbons (Fsp3) is 0.929. The van der Waals surface area contributed by atoms with Crippen LogP contribution in [0, 0.1) is 5.92 Å². The number of hydrogen-bond donors (Lipinski definition) is 1. The van der Waals surface area contributed by atoms with Crippen LogP contribution in [0.5, 0.6) is 0 Å². The lowest BCUT2D eigenvalue weighted by atomic mass is 10.00. The molecule has 1 atom stereocenters. The molecule has 2 aliphatic rings. The Morgan fingerprint density at radius 2 is 2.06 bits per heavy atom. The lowest BCUT2D eigenvalue weighted by Gasteiger charge is -2.34. The summed E-state index contributed by atoms with van der Waals surface area (Å²) in [7, 11) is 0. The van der Waals surface area contributed by atoms with Crippen molar-refractivity contribution in [2.45, 2.75) is 57.9 Å². The highest BCUT2D eigenvalue weighted by atomic mass is 35.5. The first-order valence-corrected chi connectivity index (χ1v) is 7.27. The predicted octanol–water partition coefficient (Wildman–Crippen LogP) is 2.59. The fourth-order valence-corrected chi connectivity index (χ4v) is 3.20. The summed E-state index contributed by atoms with van der Waals surface area (Å²) in [5.41, 5.74) is 0. The summed E-state index contributed by atoms with van der Waals surface area (Å²) >= 11 is 0. The van der Waals surface area contributed by atoms with Crippen LogP contribution in [0.15, 0.2) is 0 Å². The topological polar surface area (TPSA) is 32.3 Å². The molecular formula is C14H27ClN2O. The third-order valence-electron chi connectivity index (χ3n) is 4.30. The van der Waals surface area contributed by atoms with Crippen LogP contribution in [-0.4, -0.2) is 36.5 Å². The Bertz CT molecular complexity index is 254. The minimum atomic E-state index is 0. The molecule has 0 radical (unpaired) electrons. The van der Waals surface area contributed by atoms with Crippen LogP contribution >= 0.6 is 12.4 Å². The molecule has 1 amide bonds. The van der Waals surface area contributed by atoms with Crippen LogP contribution in [0.2, 0.25) is 0 Å². The van der Waals surface area contributed by atoms with Crippen LogP contribution in [0.3, 0.4) is 0 Å². The Morgan fingerprint density at radius 1 is 1.33 bits per heavy atom. The number of nitrogens with one attached hydrogen (secondary N) is 1. The van der Waals surface area contributed by atoms with Crippen LogP contribution in [0.25, 0.3) is 0 Å². The van der Waals surface area contributed by atoms with Gasteiger partial charge in [0.15, 0.2) is 0 Å². The fourth-order valence-electron chi connectivity index (χ4n) is 3.20. The molecule has 0 spiro atoms. The Kier molecular flexibility index (Phi) is 7.02. The Labute approximate surface area is 117 Å². The summed E-state index contributed by atoms with van der Waals surface area (Å²) in [6.07, 6.45) is 8.75. The van der Waals surface area contributed by atoms with Gasteiger partial charge in [-0.15, -0.1) is 12.4 Å². The lowest BCUT2D eigenvalue weighted by Crippen LogP contribution is -2.52. The summed E-state index contributed by atoms with van der Waals surface area (Å²) in [6, 6.07) is 0.378. The van der Waals surface area contributed by atoms with E-state index in [1.54, 1.807) is 0 Å². The molecule has 1 N–H and O–H groups in total. The quantitative estimate of drug-likeness (QED) is 0.855. The first-order chi connectivity index (χ1) is 8.27. The van der Waals surface area contributed by atoms with E-state index >= 15 is 0 Å². The largest absolute Gasteiger partial charge is 0.337 e. The molecule has 0 aromatic carbocycles. The SMILES string of the molecule is CC1CNCCN1C(=O)CCCC1CCCC1.Cl. The Morgan fingerprint density at radius 3 is 2.72 bits per heavy atom. The van der Waals surface area contributed by atoms with Gasteiger partial charge in [-0.2, -0.15) is 0 Å². The number of hydrogen-bond acceptors (Lipinski definition) is 2. The van der Waals surface area contributed by atoms with Gasteiger partial charge in [-0.3, -0.25) is 4.79 Å². The van der Waals surface area contributed by atoms with Gasteiger partial charge in [0.25, 0.3) is 0 Å². The number of amides is 1. The van der Waals surface area contributed by atoms with Crippen molar-refractivity contribution in [2.75, 3.05) is 19.6 Å². The van der Waals surface area contributed by atoms with Gasteiger partial charge in [0, 0.05) is 32.1 Å². The van der Waals surface area contributed by atoms with Crippen molar-refractivity contribution >= 4 is 18.3 Å². The second-order valence-corrected chi connectivity index (χ2v) is 5.68. The van der Waals surface area contributed by atoms with Crippen LogP contribution in [-0.2, 0) is 4.79 Å². The van der Waals surface area contributed by atoms with E-state index < -0.39 is 0 Å². The maximum atomic E-state index is 12.1. The molecule has 106 valence electrons. The van der Waals surface area contributed by atoms with Crippen molar-refractivity contribution in [3.8, 4) is 0 Å².